The zero-order valence-electron chi connectivity index (χ0n) is 17.5. The summed E-state index contributed by atoms with van der Waals surface area (Å²) < 4.78 is 5.13. The Morgan fingerprint density at radius 2 is 1.87 bits per heavy atom. The molecule has 0 bridgehead atoms. The molecule has 3 amide bonds. The number of allylic oxidation sites excluding steroid dienone is 1. The summed E-state index contributed by atoms with van der Waals surface area (Å²) >= 11 is 0. The predicted molar refractivity (Wildman–Crippen MR) is 112 cm³/mol. The van der Waals surface area contributed by atoms with Crippen molar-refractivity contribution in [3.05, 3.63) is 36.4 Å². The van der Waals surface area contributed by atoms with Crippen molar-refractivity contribution in [2.45, 2.75) is 19.4 Å². The molecular weight excluding hydrogens is 386 g/mol. The number of hydrogen-bond acceptors (Lipinski definition) is 5. The number of β-amino-alcohol motifs (C(OH)–C–C–N with tert-alkyl or cyclic N) is 1. The van der Waals surface area contributed by atoms with Crippen molar-refractivity contribution in [1.29, 1.82) is 0 Å². The van der Waals surface area contributed by atoms with E-state index in [1.165, 1.54) is 4.90 Å². The van der Waals surface area contributed by atoms with E-state index in [4.69, 9.17) is 4.74 Å². The lowest BCUT2D eigenvalue weighted by Gasteiger charge is -2.33. The second-order valence-electron chi connectivity index (χ2n) is 7.62. The number of carbonyl (C=O) groups is 3. The molecule has 1 heterocycles. The van der Waals surface area contributed by atoms with Gasteiger partial charge in [0.1, 0.15) is 11.8 Å². The number of anilines is 1. The van der Waals surface area contributed by atoms with Gasteiger partial charge in [-0.2, -0.15) is 0 Å². The summed E-state index contributed by atoms with van der Waals surface area (Å²) in [7, 11) is 3.12. The third-order valence-corrected chi connectivity index (χ3v) is 6.10. The Morgan fingerprint density at radius 1 is 1.17 bits per heavy atom. The molecule has 0 radical (unpaired) electrons. The van der Waals surface area contributed by atoms with Crippen LogP contribution in [0.25, 0.3) is 0 Å². The number of nitrogens with one attached hydrogen (secondary N) is 2. The van der Waals surface area contributed by atoms with Crippen LogP contribution in [-0.2, 0) is 14.4 Å². The molecular formula is C22H29N3O5. The Kier molecular flexibility index (Phi) is 6.77. The highest BCUT2D eigenvalue weighted by Crippen LogP contribution is 2.44. The molecule has 1 aromatic carbocycles. The molecule has 0 aromatic heterocycles. The molecule has 5 atom stereocenters. The van der Waals surface area contributed by atoms with E-state index < -0.39 is 23.8 Å². The first kappa shape index (κ1) is 21.8. The third-order valence-electron chi connectivity index (χ3n) is 6.10. The lowest BCUT2D eigenvalue weighted by Crippen LogP contribution is -2.45. The first-order valence-electron chi connectivity index (χ1n) is 10.2. The maximum Gasteiger partial charge on any atom is 0.247 e. The van der Waals surface area contributed by atoms with Crippen molar-refractivity contribution >= 4 is 23.4 Å². The number of fused-ring (bicyclic) bond motifs is 1. The van der Waals surface area contributed by atoms with Crippen LogP contribution < -0.4 is 15.4 Å². The van der Waals surface area contributed by atoms with Crippen LogP contribution in [0.5, 0.6) is 5.75 Å². The number of benzene rings is 1. The molecule has 8 nitrogen and oxygen atoms in total. The number of likely N-dealkylation sites (tertiary alicyclic amines) is 1. The first-order chi connectivity index (χ1) is 14.5. The molecule has 1 aromatic rings. The molecule has 1 saturated heterocycles. The molecule has 30 heavy (non-hydrogen) atoms. The van der Waals surface area contributed by atoms with Crippen molar-refractivity contribution in [2.24, 2.45) is 23.7 Å². The van der Waals surface area contributed by atoms with E-state index in [-0.39, 0.29) is 36.8 Å². The SMILES string of the molecule is CC[C@@H]1C=C[C@H]2[C@@H](C(=O)N(CCO)[C@@H]2C(=O)Nc2ccc(OC)cc2)[C@@H]1C(=O)NC. The standard InChI is InChI=1S/C22H29N3O5/c1-4-13-5-10-16-18(17(13)20(27)23-2)22(29)25(11-12-26)19(16)21(28)24-14-6-8-15(30-3)9-7-14/h5-10,13,16-19,26H,4,11-12H2,1-3H3,(H,23,27)(H,24,28)/t13-,16+,17-,18-,19+/m1/s1. The van der Waals surface area contributed by atoms with E-state index in [0.29, 0.717) is 17.9 Å². The Labute approximate surface area is 176 Å². The van der Waals surface area contributed by atoms with E-state index in [2.05, 4.69) is 10.6 Å². The van der Waals surface area contributed by atoms with Gasteiger partial charge in [-0.25, -0.2) is 0 Å². The van der Waals surface area contributed by atoms with Gasteiger partial charge in [-0.3, -0.25) is 14.4 Å². The molecule has 0 unspecified atom stereocenters. The van der Waals surface area contributed by atoms with Crippen molar-refractivity contribution < 1.29 is 24.2 Å². The van der Waals surface area contributed by atoms with Crippen molar-refractivity contribution in [3.8, 4) is 5.75 Å². The van der Waals surface area contributed by atoms with E-state index in [1.807, 2.05) is 19.1 Å². The molecule has 1 aliphatic carbocycles. The molecule has 1 aliphatic heterocycles. The number of hydrogen-bond donors (Lipinski definition) is 3. The van der Waals surface area contributed by atoms with Gasteiger partial charge in [0, 0.05) is 25.2 Å². The van der Waals surface area contributed by atoms with Gasteiger partial charge in [0.25, 0.3) is 0 Å². The predicted octanol–water partition coefficient (Wildman–Crippen LogP) is 1.03. The summed E-state index contributed by atoms with van der Waals surface area (Å²) in [6.45, 7) is 1.75. The van der Waals surface area contributed by atoms with Gasteiger partial charge in [-0.1, -0.05) is 19.1 Å². The summed E-state index contributed by atoms with van der Waals surface area (Å²) in [5.74, 6) is -1.82. The molecule has 3 rings (SSSR count). The van der Waals surface area contributed by atoms with Crippen molar-refractivity contribution in [3.63, 3.8) is 0 Å². The molecule has 2 aliphatic rings. The van der Waals surface area contributed by atoms with E-state index in [1.54, 1.807) is 38.4 Å². The van der Waals surface area contributed by atoms with Crippen molar-refractivity contribution in [1.82, 2.24) is 10.2 Å². The maximum absolute atomic E-state index is 13.3. The smallest absolute Gasteiger partial charge is 0.247 e. The summed E-state index contributed by atoms with van der Waals surface area (Å²) in [5.41, 5.74) is 0.578. The van der Waals surface area contributed by atoms with Crippen LogP contribution in [0.2, 0.25) is 0 Å². The van der Waals surface area contributed by atoms with Crippen LogP contribution in [0.4, 0.5) is 5.69 Å². The third kappa shape index (κ3) is 3.92. The van der Waals surface area contributed by atoms with Gasteiger partial charge >= 0.3 is 0 Å². The number of aliphatic hydroxyl groups is 1. The number of methoxy groups -OCH3 is 1. The van der Waals surface area contributed by atoms with Crippen LogP contribution in [0.1, 0.15) is 13.3 Å². The highest BCUT2D eigenvalue weighted by molar-refractivity contribution is 6.01. The van der Waals surface area contributed by atoms with Gasteiger partial charge in [0.2, 0.25) is 17.7 Å². The topological polar surface area (TPSA) is 108 Å². The average Bonchev–Trinajstić information content (AvgIpc) is 3.05. The molecule has 0 spiro atoms. The Morgan fingerprint density at radius 3 is 2.43 bits per heavy atom. The lowest BCUT2D eigenvalue weighted by molar-refractivity contribution is -0.140. The average molecular weight is 415 g/mol. The number of nitrogens with zero attached hydrogens (tertiary/aromatic N) is 1. The zero-order valence-corrected chi connectivity index (χ0v) is 17.5. The minimum atomic E-state index is -0.794. The van der Waals surface area contributed by atoms with Gasteiger partial charge < -0.3 is 25.4 Å². The van der Waals surface area contributed by atoms with Crippen LogP contribution in [0.15, 0.2) is 36.4 Å². The van der Waals surface area contributed by atoms with Gasteiger partial charge in [-0.05, 0) is 36.6 Å². The second-order valence-corrected chi connectivity index (χ2v) is 7.62. The number of amides is 3. The lowest BCUT2D eigenvalue weighted by atomic mass is 9.69. The minimum Gasteiger partial charge on any atom is -0.497 e. The molecule has 162 valence electrons. The van der Waals surface area contributed by atoms with E-state index >= 15 is 0 Å². The minimum absolute atomic E-state index is 0.0393. The van der Waals surface area contributed by atoms with Crippen LogP contribution in [0.3, 0.4) is 0 Å². The largest absolute Gasteiger partial charge is 0.497 e. The van der Waals surface area contributed by atoms with Crippen molar-refractivity contribution in [2.75, 3.05) is 32.6 Å². The van der Waals surface area contributed by atoms with Crippen LogP contribution in [-0.4, -0.2) is 61.1 Å². The fraction of sp³-hybridized carbons (Fsp3) is 0.500. The molecule has 8 heteroatoms. The zero-order chi connectivity index (χ0) is 21.8. The number of aliphatic hydroxyl groups excluding tert-OH is 1. The van der Waals surface area contributed by atoms with Crippen LogP contribution in [0, 0.1) is 23.7 Å². The highest BCUT2D eigenvalue weighted by Gasteiger charge is 2.56. The fourth-order valence-electron chi connectivity index (χ4n) is 4.65. The Bertz CT molecular complexity index is 823. The number of carbonyl (C=O) groups excluding carboxylic acids is 3. The molecule has 0 saturated carbocycles. The summed E-state index contributed by atoms with van der Waals surface area (Å²) in [6, 6.07) is 6.12. The molecule has 1 fully saturated rings. The van der Waals surface area contributed by atoms with E-state index in [0.717, 1.165) is 0 Å². The summed E-state index contributed by atoms with van der Waals surface area (Å²) in [4.78, 5) is 40.5. The number of ether oxygens (including phenoxy) is 1. The molecule has 3 N–H and O–H groups in total. The monoisotopic (exact) mass is 415 g/mol. The van der Waals surface area contributed by atoms with Gasteiger partial charge in [0.15, 0.2) is 0 Å². The second kappa shape index (κ2) is 9.30. The Balaban J connectivity index is 1.92. The summed E-state index contributed by atoms with van der Waals surface area (Å²) in [6.07, 6.45) is 4.56. The van der Waals surface area contributed by atoms with E-state index in [9.17, 15) is 19.5 Å². The summed E-state index contributed by atoms with van der Waals surface area (Å²) in [5, 5.41) is 15.0. The van der Waals surface area contributed by atoms with Gasteiger partial charge in [-0.15, -0.1) is 0 Å². The highest BCUT2D eigenvalue weighted by atomic mass is 16.5. The quantitative estimate of drug-likeness (QED) is 0.577. The fourth-order valence-corrected chi connectivity index (χ4v) is 4.65. The van der Waals surface area contributed by atoms with Gasteiger partial charge in [0.05, 0.1) is 25.6 Å². The van der Waals surface area contributed by atoms with Crippen LogP contribution >= 0.6 is 0 Å². The Hall–Kier alpha value is -2.87. The maximum atomic E-state index is 13.3. The number of rotatable bonds is 7. The normalized spacial score (nSPS) is 27.5. The first-order valence-corrected chi connectivity index (χ1v) is 10.2.